The summed E-state index contributed by atoms with van der Waals surface area (Å²) in [5.41, 5.74) is 5.59. The van der Waals surface area contributed by atoms with E-state index in [1.54, 1.807) is 19.1 Å². The van der Waals surface area contributed by atoms with Crippen LogP contribution in [-0.4, -0.2) is 44.7 Å². The van der Waals surface area contributed by atoms with Crippen LogP contribution >= 0.6 is 0 Å². The lowest BCUT2D eigenvalue weighted by Crippen LogP contribution is -2.65. The first-order chi connectivity index (χ1) is 13.5. The van der Waals surface area contributed by atoms with Crippen LogP contribution < -0.4 is 5.73 Å². The molecule has 0 amide bonds. The molecule has 7 nitrogen and oxygen atoms in total. The Bertz CT molecular complexity index is 659. The number of hydrogen-bond acceptors (Lipinski definition) is 7. The second kappa shape index (κ2) is 10.3. The predicted octanol–water partition coefficient (Wildman–Crippen LogP) is 3.75. The average Bonchev–Trinajstić information content (AvgIpc) is 2.65. The second-order valence-corrected chi connectivity index (χ2v) is 13.5. The van der Waals surface area contributed by atoms with Crippen molar-refractivity contribution in [1.29, 1.82) is 0 Å². The summed E-state index contributed by atoms with van der Waals surface area (Å²) in [6.45, 7) is 14.3. The van der Waals surface area contributed by atoms with Crippen LogP contribution in [0.15, 0.2) is 24.5 Å². The monoisotopic (exact) mass is 424 g/mol. The molecule has 2 N–H and O–H groups in total. The van der Waals surface area contributed by atoms with Gasteiger partial charge in [0.15, 0.2) is 0 Å². The van der Waals surface area contributed by atoms with Gasteiger partial charge >= 0.3 is 11.9 Å². The molecule has 2 atom stereocenters. The zero-order valence-corrected chi connectivity index (χ0v) is 19.9. The van der Waals surface area contributed by atoms with E-state index in [2.05, 4.69) is 46.5 Å². The van der Waals surface area contributed by atoms with Crippen molar-refractivity contribution in [3.05, 3.63) is 30.1 Å². The number of carbonyl (C=O) groups excluding carboxylic acids is 2. The molecule has 0 aliphatic carbocycles. The minimum atomic E-state index is -2.66. The van der Waals surface area contributed by atoms with Gasteiger partial charge in [-0.25, -0.2) is 4.79 Å². The van der Waals surface area contributed by atoms with E-state index in [0.717, 1.165) is 0 Å². The van der Waals surface area contributed by atoms with Crippen LogP contribution in [0.1, 0.15) is 59.9 Å². The van der Waals surface area contributed by atoms with Gasteiger partial charge in [-0.05, 0) is 41.2 Å². The zero-order chi connectivity index (χ0) is 22.4. The molecule has 0 spiro atoms. The van der Waals surface area contributed by atoms with Crippen molar-refractivity contribution >= 4 is 20.3 Å². The Kier molecular flexibility index (Phi) is 8.99. The molecule has 1 heterocycles. The Hall–Kier alpha value is -1.77. The highest BCUT2D eigenvalue weighted by Crippen LogP contribution is 2.46. The quantitative estimate of drug-likeness (QED) is 0.347. The van der Waals surface area contributed by atoms with Gasteiger partial charge < -0.3 is 13.9 Å². The fraction of sp³-hybridized carbons (Fsp3) is 0.667. The standard InChI is InChI=1S/C21H36N2O5Si/c1-9-27-19(24)18(17-10-12-23-13-11-17)21(22,20(25)26-8)28-29(14(2)3,15(4)5)16(6)7/h10-16,18H,9,22H2,1-8H3/t18-,21-/m1/s1. The topological polar surface area (TPSA) is 101 Å². The Balaban J connectivity index is 3.73. The summed E-state index contributed by atoms with van der Waals surface area (Å²) in [5, 5.41) is 0. The Morgan fingerprint density at radius 1 is 1.07 bits per heavy atom. The van der Waals surface area contributed by atoms with Crippen molar-refractivity contribution in [3.63, 3.8) is 0 Å². The molecule has 0 bridgehead atoms. The molecule has 0 radical (unpaired) electrons. The van der Waals surface area contributed by atoms with Gasteiger partial charge in [-0.3, -0.25) is 15.5 Å². The van der Waals surface area contributed by atoms with Crippen molar-refractivity contribution in [2.45, 2.75) is 76.7 Å². The number of nitrogens with zero attached hydrogens (tertiary/aromatic N) is 1. The van der Waals surface area contributed by atoms with E-state index in [1.165, 1.54) is 19.5 Å². The molecule has 1 aromatic rings. The molecule has 0 fully saturated rings. The van der Waals surface area contributed by atoms with Crippen LogP contribution in [0.3, 0.4) is 0 Å². The largest absolute Gasteiger partial charge is 0.466 e. The maximum Gasteiger partial charge on any atom is 0.353 e. The van der Waals surface area contributed by atoms with Crippen LogP contribution in [0.5, 0.6) is 0 Å². The van der Waals surface area contributed by atoms with Gasteiger partial charge in [-0.15, -0.1) is 0 Å². The third-order valence-electron chi connectivity index (χ3n) is 5.55. The third kappa shape index (κ3) is 5.05. The molecule has 29 heavy (non-hydrogen) atoms. The Labute approximate surface area is 175 Å². The van der Waals surface area contributed by atoms with Crippen LogP contribution in [0.4, 0.5) is 0 Å². The maximum atomic E-state index is 13.0. The number of nitrogens with two attached hydrogens (primary N) is 1. The minimum Gasteiger partial charge on any atom is -0.466 e. The van der Waals surface area contributed by atoms with E-state index < -0.39 is 31.9 Å². The number of rotatable bonds is 10. The molecule has 1 rings (SSSR count). The van der Waals surface area contributed by atoms with Gasteiger partial charge in [-0.1, -0.05) is 41.5 Å². The fourth-order valence-corrected chi connectivity index (χ4v) is 9.86. The van der Waals surface area contributed by atoms with Crippen LogP contribution in [-0.2, 0) is 23.5 Å². The number of ether oxygens (including phenoxy) is 2. The van der Waals surface area contributed by atoms with Crippen LogP contribution in [0, 0.1) is 0 Å². The highest BCUT2D eigenvalue weighted by atomic mass is 28.4. The van der Waals surface area contributed by atoms with E-state index >= 15 is 0 Å². The molecule has 0 saturated heterocycles. The van der Waals surface area contributed by atoms with E-state index in [4.69, 9.17) is 19.6 Å². The van der Waals surface area contributed by atoms with Gasteiger partial charge in [0, 0.05) is 12.4 Å². The molecule has 0 unspecified atom stereocenters. The lowest BCUT2D eigenvalue weighted by Gasteiger charge is -2.48. The number of esters is 2. The van der Waals surface area contributed by atoms with Gasteiger partial charge in [0.05, 0.1) is 13.7 Å². The number of hydrogen-bond donors (Lipinski definition) is 1. The molecule has 8 heteroatoms. The van der Waals surface area contributed by atoms with Gasteiger partial charge in [0.1, 0.15) is 5.92 Å². The molecular formula is C21H36N2O5Si. The lowest BCUT2D eigenvalue weighted by molar-refractivity contribution is -0.171. The number of methoxy groups -OCH3 is 1. The highest BCUT2D eigenvalue weighted by Gasteiger charge is 2.58. The molecule has 0 aromatic carbocycles. The summed E-state index contributed by atoms with van der Waals surface area (Å²) in [5.74, 6) is -2.61. The van der Waals surface area contributed by atoms with Crippen molar-refractivity contribution in [3.8, 4) is 0 Å². The second-order valence-electron chi connectivity index (χ2n) is 8.17. The summed E-state index contributed by atoms with van der Waals surface area (Å²) in [6.07, 6.45) is 3.08. The lowest BCUT2D eigenvalue weighted by atomic mass is 9.89. The smallest absolute Gasteiger partial charge is 0.353 e. The third-order valence-corrected chi connectivity index (χ3v) is 11.7. The molecule has 0 saturated carbocycles. The van der Waals surface area contributed by atoms with Crippen molar-refractivity contribution in [2.24, 2.45) is 5.73 Å². The molecule has 0 aliphatic rings. The van der Waals surface area contributed by atoms with Crippen molar-refractivity contribution < 1.29 is 23.5 Å². The Morgan fingerprint density at radius 3 is 1.93 bits per heavy atom. The zero-order valence-electron chi connectivity index (χ0n) is 18.9. The molecule has 164 valence electrons. The van der Waals surface area contributed by atoms with Crippen LogP contribution in [0.2, 0.25) is 16.6 Å². The van der Waals surface area contributed by atoms with E-state index in [0.29, 0.717) is 5.56 Å². The normalized spacial score (nSPS) is 15.3. The van der Waals surface area contributed by atoms with E-state index in [1.807, 2.05) is 0 Å². The van der Waals surface area contributed by atoms with Gasteiger partial charge in [-0.2, -0.15) is 0 Å². The van der Waals surface area contributed by atoms with Crippen LogP contribution in [0.25, 0.3) is 0 Å². The first-order valence-corrected chi connectivity index (χ1v) is 12.3. The molecule has 0 aliphatic heterocycles. The molecular weight excluding hydrogens is 388 g/mol. The average molecular weight is 425 g/mol. The van der Waals surface area contributed by atoms with E-state index in [-0.39, 0.29) is 23.2 Å². The SMILES string of the molecule is CCOC(=O)[C@@H](c1ccncc1)[C@@](N)(O[Si](C(C)C)(C(C)C)C(C)C)C(=O)OC. The molecule has 1 aromatic heterocycles. The predicted molar refractivity (Wildman–Crippen MR) is 115 cm³/mol. The van der Waals surface area contributed by atoms with Gasteiger partial charge in [0.2, 0.25) is 14.0 Å². The number of carbonyl (C=O) groups is 2. The number of aromatic nitrogens is 1. The Morgan fingerprint density at radius 2 is 1.55 bits per heavy atom. The van der Waals surface area contributed by atoms with Gasteiger partial charge in [0.25, 0.3) is 0 Å². The number of pyridine rings is 1. The fourth-order valence-electron chi connectivity index (χ4n) is 4.36. The summed E-state index contributed by atoms with van der Waals surface area (Å²) in [6, 6.07) is 3.28. The summed E-state index contributed by atoms with van der Waals surface area (Å²) < 4.78 is 17.0. The van der Waals surface area contributed by atoms with E-state index in [9.17, 15) is 9.59 Å². The van der Waals surface area contributed by atoms with Crippen molar-refractivity contribution in [2.75, 3.05) is 13.7 Å². The summed E-state index contributed by atoms with van der Waals surface area (Å²) in [7, 11) is -1.41. The minimum absolute atomic E-state index is 0.148. The summed E-state index contributed by atoms with van der Waals surface area (Å²) in [4.78, 5) is 30.0. The maximum absolute atomic E-state index is 13.0. The first kappa shape index (κ1) is 25.3. The van der Waals surface area contributed by atoms with Crippen molar-refractivity contribution in [1.82, 2.24) is 4.98 Å². The first-order valence-electron chi connectivity index (χ1n) is 10.1. The summed E-state index contributed by atoms with van der Waals surface area (Å²) >= 11 is 0. The highest BCUT2D eigenvalue weighted by molar-refractivity contribution is 6.77.